The van der Waals surface area contributed by atoms with Gasteiger partial charge in [-0.25, -0.2) is 17.2 Å². The van der Waals surface area contributed by atoms with Crippen molar-refractivity contribution in [2.45, 2.75) is 35.9 Å². The molecule has 0 aliphatic heterocycles. The third-order valence-electron chi connectivity index (χ3n) is 4.54. The third kappa shape index (κ3) is 3.61. The van der Waals surface area contributed by atoms with E-state index in [1.165, 1.54) is 22.6 Å². The fourth-order valence-corrected chi connectivity index (χ4v) is 4.78. The van der Waals surface area contributed by atoms with Crippen molar-refractivity contribution < 1.29 is 39.2 Å². The van der Waals surface area contributed by atoms with Crippen molar-refractivity contribution in [2.75, 3.05) is 11.8 Å². The summed E-state index contributed by atoms with van der Waals surface area (Å²) in [5.74, 6) is -1.91. The number of ether oxygens (including phenoxy) is 1. The minimum Gasteiger partial charge on any atom is -0.368 e. The van der Waals surface area contributed by atoms with Crippen LogP contribution in [0.1, 0.15) is 21.8 Å². The van der Waals surface area contributed by atoms with Gasteiger partial charge in [-0.05, 0) is 47.1 Å². The summed E-state index contributed by atoms with van der Waals surface area (Å²) in [7, 11) is -7.83. The first-order chi connectivity index (χ1) is 14.0. The van der Waals surface area contributed by atoms with E-state index in [0.717, 1.165) is 12.3 Å². The van der Waals surface area contributed by atoms with Gasteiger partial charge in [0.1, 0.15) is 16.5 Å². The molecule has 3 rings (SSSR count). The quantitative estimate of drug-likeness (QED) is 0.349. The van der Waals surface area contributed by atoms with E-state index >= 15 is 0 Å². The lowest BCUT2D eigenvalue weighted by Gasteiger charge is -2.37. The van der Waals surface area contributed by atoms with E-state index in [2.05, 4.69) is 9.72 Å². The fraction of sp³-hybridized carbons (Fsp3) is 0.375. The predicted octanol–water partition coefficient (Wildman–Crippen LogP) is 4.13. The molecule has 2 aromatic rings. The Morgan fingerprint density at radius 3 is 2.68 bits per heavy atom. The Morgan fingerprint density at radius 2 is 2.04 bits per heavy atom. The molecule has 0 unspecified atom stereocenters. The number of alkyl halides is 3. The summed E-state index contributed by atoms with van der Waals surface area (Å²) in [5, 5.41) is 0. The maximum Gasteiger partial charge on any atom is 0.417 e. The van der Waals surface area contributed by atoms with E-state index in [1.807, 2.05) is 4.72 Å². The van der Waals surface area contributed by atoms with Crippen molar-refractivity contribution in [3.8, 4) is 0 Å². The minimum absolute atomic E-state index is 0.0205. The molecule has 0 saturated carbocycles. The Bertz CT molecular complexity index is 1120. The average molecular weight is 539 g/mol. The first-order valence-corrected chi connectivity index (χ1v) is 10.2. The van der Waals surface area contributed by atoms with Gasteiger partial charge in [0.25, 0.3) is 10.0 Å². The van der Waals surface area contributed by atoms with Crippen LogP contribution in [0.25, 0.3) is 0 Å². The van der Waals surface area contributed by atoms with Gasteiger partial charge in [0.15, 0.2) is 5.60 Å². The zero-order valence-corrected chi connectivity index (χ0v) is 16.7. The number of anilines is 1. The van der Waals surface area contributed by atoms with Crippen LogP contribution in [0, 0.1) is 15.2 Å². The lowest BCUT2D eigenvalue weighted by Crippen LogP contribution is -2.51. The van der Waals surface area contributed by atoms with E-state index in [1.54, 1.807) is 0 Å². The van der Waals surface area contributed by atoms with Gasteiger partial charge in [0.2, 0.25) is 0 Å². The maximum absolute atomic E-state index is 14.0. The summed E-state index contributed by atoms with van der Waals surface area (Å²) < 4.78 is 122. The van der Waals surface area contributed by atoms with Crippen LogP contribution in [-0.2, 0) is 27.6 Å². The van der Waals surface area contributed by atoms with Crippen molar-refractivity contribution in [3.05, 3.63) is 44.8 Å². The van der Waals surface area contributed by atoms with Crippen LogP contribution in [0.4, 0.5) is 27.6 Å². The monoisotopic (exact) mass is 539 g/mol. The molecule has 0 fully saturated rings. The topological polar surface area (TPSA) is 71.2 Å². The maximum atomic E-state index is 14.0. The normalized spacial score (nSPS) is 22.1. The SMILES string of the molecule is [2H]C([2H])([2H])O[C@@]1(C(F)(F)F)CCc2c(S(=O)(=O)Nc3cc(F)c(I)cc3F)c[nH]c2C1. The number of fused-ring (bicyclic) bond motifs is 1. The van der Waals surface area contributed by atoms with Gasteiger partial charge in [-0.3, -0.25) is 4.72 Å². The number of rotatable bonds is 4. The molecular weight excluding hydrogens is 522 g/mol. The lowest BCUT2D eigenvalue weighted by atomic mass is 9.83. The number of methoxy groups -OCH3 is 1. The molecule has 0 bridgehead atoms. The van der Waals surface area contributed by atoms with Gasteiger partial charge in [-0.15, -0.1) is 0 Å². The molecule has 1 aliphatic rings. The summed E-state index contributed by atoms with van der Waals surface area (Å²) in [5.41, 5.74) is -3.90. The van der Waals surface area contributed by atoms with Gasteiger partial charge >= 0.3 is 6.18 Å². The fourth-order valence-electron chi connectivity index (χ4n) is 3.04. The highest BCUT2D eigenvalue weighted by Gasteiger charge is 2.57. The van der Waals surface area contributed by atoms with E-state index in [4.69, 9.17) is 4.11 Å². The number of benzene rings is 1. The van der Waals surface area contributed by atoms with Gasteiger partial charge < -0.3 is 9.72 Å². The summed E-state index contributed by atoms with van der Waals surface area (Å²) in [6.07, 6.45) is -6.39. The Labute approximate surface area is 175 Å². The largest absolute Gasteiger partial charge is 0.417 e. The highest BCUT2D eigenvalue weighted by molar-refractivity contribution is 14.1. The zero-order chi connectivity index (χ0) is 23.4. The van der Waals surface area contributed by atoms with Crippen LogP contribution >= 0.6 is 22.6 Å². The number of sulfonamides is 1. The Balaban J connectivity index is 1.96. The number of aromatic nitrogens is 1. The van der Waals surface area contributed by atoms with Crippen molar-refractivity contribution in [3.63, 3.8) is 0 Å². The standard InChI is InChI=1S/C16H14F5IN2O3S/c1-27-15(16(19,20)21)3-2-8-13(6-15)23-7-14(8)28(25,26)24-12-5-9(17)11(22)4-10(12)18/h4-5,7,23-24H,2-3,6H2,1H3/t15-/m0/s1/i1D3. The van der Waals surface area contributed by atoms with Crippen LogP contribution in [0.15, 0.2) is 23.2 Å². The Morgan fingerprint density at radius 1 is 1.32 bits per heavy atom. The highest BCUT2D eigenvalue weighted by atomic mass is 127. The van der Waals surface area contributed by atoms with Crippen molar-refractivity contribution in [1.29, 1.82) is 0 Å². The van der Waals surface area contributed by atoms with Gasteiger partial charge in [-0.2, -0.15) is 13.2 Å². The number of H-pyrrole nitrogens is 1. The molecule has 1 atom stereocenters. The van der Waals surface area contributed by atoms with Crippen LogP contribution in [0.3, 0.4) is 0 Å². The number of aromatic amines is 1. The number of halogens is 6. The highest BCUT2D eigenvalue weighted by Crippen LogP contribution is 2.44. The number of hydrogen-bond donors (Lipinski definition) is 2. The Hall–Kier alpha value is -1.41. The summed E-state index contributed by atoms with van der Waals surface area (Å²) in [6.45, 7) is 0. The lowest BCUT2D eigenvalue weighted by molar-refractivity contribution is -0.273. The van der Waals surface area contributed by atoms with Crippen molar-refractivity contribution >= 4 is 38.3 Å². The summed E-state index contributed by atoms with van der Waals surface area (Å²) >= 11 is 1.52. The second-order valence-electron chi connectivity index (χ2n) is 6.23. The smallest absolute Gasteiger partial charge is 0.368 e. The molecular formula is C16H14F5IN2O3S. The molecule has 0 amide bonds. The van der Waals surface area contributed by atoms with Crippen LogP contribution < -0.4 is 4.72 Å². The predicted molar refractivity (Wildman–Crippen MR) is 98.5 cm³/mol. The van der Waals surface area contributed by atoms with E-state index in [0.29, 0.717) is 6.07 Å². The van der Waals surface area contributed by atoms with Gasteiger partial charge in [0.05, 0.1) is 13.4 Å². The molecule has 2 N–H and O–H groups in total. The molecule has 1 heterocycles. The van der Waals surface area contributed by atoms with E-state index in [9.17, 15) is 30.4 Å². The average Bonchev–Trinajstić information content (AvgIpc) is 3.01. The molecule has 1 aromatic carbocycles. The van der Waals surface area contributed by atoms with E-state index < -0.39 is 70.3 Å². The van der Waals surface area contributed by atoms with E-state index in [-0.39, 0.29) is 14.8 Å². The van der Waals surface area contributed by atoms with Gasteiger partial charge in [0, 0.05) is 31.4 Å². The zero-order valence-electron chi connectivity index (χ0n) is 16.8. The molecule has 1 aliphatic carbocycles. The Kier molecular flexibility index (Phi) is 4.44. The molecule has 12 heteroatoms. The second kappa shape index (κ2) is 7.13. The number of nitrogens with one attached hydrogen (secondary N) is 2. The van der Waals surface area contributed by atoms with Crippen molar-refractivity contribution in [2.24, 2.45) is 0 Å². The first-order valence-electron chi connectivity index (χ1n) is 9.18. The minimum atomic E-state index is -5.04. The first kappa shape index (κ1) is 17.4. The van der Waals surface area contributed by atoms with Crippen LogP contribution in [-0.4, -0.2) is 32.2 Å². The molecule has 5 nitrogen and oxygen atoms in total. The molecule has 28 heavy (non-hydrogen) atoms. The molecule has 0 saturated heterocycles. The summed E-state index contributed by atoms with van der Waals surface area (Å²) in [6, 6.07) is 1.43. The molecule has 0 radical (unpaired) electrons. The molecule has 154 valence electrons. The third-order valence-corrected chi connectivity index (χ3v) is 6.79. The summed E-state index contributed by atoms with van der Waals surface area (Å²) in [4.78, 5) is 1.96. The second-order valence-corrected chi connectivity index (χ2v) is 9.05. The molecule has 0 spiro atoms. The van der Waals surface area contributed by atoms with Crippen LogP contribution in [0.5, 0.6) is 0 Å². The number of hydrogen-bond acceptors (Lipinski definition) is 3. The van der Waals surface area contributed by atoms with Crippen molar-refractivity contribution in [1.82, 2.24) is 4.98 Å². The molecule has 1 aromatic heterocycles. The van der Waals surface area contributed by atoms with Gasteiger partial charge in [-0.1, -0.05) is 0 Å². The van der Waals surface area contributed by atoms with Crippen LogP contribution in [0.2, 0.25) is 0 Å².